The second-order valence-corrected chi connectivity index (χ2v) is 6.41. The van der Waals surface area contributed by atoms with Crippen LogP contribution in [0.4, 0.5) is 0 Å². The molecule has 0 aliphatic carbocycles. The van der Waals surface area contributed by atoms with E-state index in [0.717, 1.165) is 12.8 Å². The number of hydrogen-bond acceptors (Lipinski definition) is 1. The fourth-order valence-corrected chi connectivity index (χ4v) is 1.82. The Hall–Kier alpha value is -0.240. The molecule has 0 aromatic carbocycles. The van der Waals surface area contributed by atoms with E-state index in [1.807, 2.05) is 20.8 Å². The molecule has 0 rings (SSSR count). The van der Waals surface area contributed by atoms with E-state index in [1.54, 1.807) is 0 Å². The standard InChI is InChI=1S/C15H30ClNO/c1-5-6-7-8-9-10-11-12-14(18)17-15(3,4)13(2)16/h13H,5-12H2,1-4H3,(H,17,18). The summed E-state index contributed by atoms with van der Waals surface area (Å²) in [5.41, 5.74) is -0.320. The maximum Gasteiger partial charge on any atom is 0.220 e. The van der Waals surface area contributed by atoms with Crippen molar-refractivity contribution < 1.29 is 4.79 Å². The topological polar surface area (TPSA) is 29.1 Å². The Morgan fingerprint density at radius 2 is 1.61 bits per heavy atom. The lowest BCUT2D eigenvalue weighted by Gasteiger charge is -2.29. The molecule has 0 fully saturated rings. The van der Waals surface area contributed by atoms with Crippen molar-refractivity contribution in [2.24, 2.45) is 0 Å². The summed E-state index contributed by atoms with van der Waals surface area (Å²) in [4.78, 5) is 11.7. The molecule has 0 aromatic rings. The number of carbonyl (C=O) groups excluding carboxylic acids is 1. The predicted molar refractivity (Wildman–Crippen MR) is 80.1 cm³/mol. The van der Waals surface area contributed by atoms with Gasteiger partial charge in [0.15, 0.2) is 0 Å². The van der Waals surface area contributed by atoms with Crippen LogP contribution >= 0.6 is 11.6 Å². The van der Waals surface area contributed by atoms with E-state index in [-0.39, 0.29) is 16.8 Å². The molecule has 0 spiro atoms. The number of amides is 1. The van der Waals surface area contributed by atoms with Gasteiger partial charge in [0.05, 0.1) is 10.9 Å². The van der Waals surface area contributed by atoms with Gasteiger partial charge in [-0.25, -0.2) is 0 Å². The third kappa shape index (κ3) is 8.79. The Kier molecular flexibility index (Phi) is 9.53. The Morgan fingerprint density at radius 3 is 2.11 bits per heavy atom. The number of alkyl halides is 1. The molecule has 1 unspecified atom stereocenters. The average molecular weight is 276 g/mol. The summed E-state index contributed by atoms with van der Waals surface area (Å²) in [6.07, 6.45) is 9.29. The van der Waals surface area contributed by atoms with E-state index in [2.05, 4.69) is 12.2 Å². The molecule has 0 aromatic heterocycles. The van der Waals surface area contributed by atoms with Gasteiger partial charge in [0.25, 0.3) is 0 Å². The first-order chi connectivity index (χ1) is 8.40. The van der Waals surface area contributed by atoms with Gasteiger partial charge in [-0.15, -0.1) is 11.6 Å². The largest absolute Gasteiger partial charge is 0.350 e. The van der Waals surface area contributed by atoms with Gasteiger partial charge in [-0.05, 0) is 27.2 Å². The van der Waals surface area contributed by atoms with E-state index >= 15 is 0 Å². The highest BCUT2D eigenvalue weighted by Crippen LogP contribution is 2.15. The summed E-state index contributed by atoms with van der Waals surface area (Å²) in [7, 11) is 0. The van der Waals surface area contributed by atoms with Crippen LogP contribution in [-0.4, -0.2) is 16.8 Å². The van der Waals surface area contributed by atoms with Gasteiger partial charge in [-0.1, -0.05) is 45.4 Å². The highest BCUT2D eigenvalue weighted by molar-refractivity contribution is 6.21. The Bertz CT molecular complexity index is 227. The first-order valence-electron chi connectivity index (χ1n) is 7.35. The number of halogens is 1. The van der Waals surface area contributed by atoms with Gasteiger partial charge in [0.2, 0.25) is 5.91 Å². The second-order valence-electron chi connectivity index (χ2n) is 5.76. The van der Waals surface area contributed by atoms with Crippen molar-refractivity contribution in [3.05, 3.63) is 0 Å². The van der Waals surface area contributed by atoms with Gasteiger partial charge in [-0.2, -0.15) is 0 Å². The van der Waals surface area contributed by atoms with E-state index in [1.165, 1.54) is 32.1 Å². The maximum absolute atomic E-state index is 11.7. The average Bonchev–Trinajstić information content (AvgIpc) is 2.27. The molecule has 0 saturated heterocycles. The van der Waals surface area contributed by atoms with Gasteiger partial charge in [0.1, 0.15) is 0 Å². The molecule has 1 atom stereocenters. The number of hydrogen-bond donors (Lipinski definition) is 1. The summed E-state index contributed by atoms with van der Waals surface area (Å²) in [6, 6.07) is 0. The second kappa shape index (κ2) is 9.66. The Morgan fingerprint density at radius 1 is 1.11 bits per heavy atom. The van der Waals surface area contributed by atoms with Crippen LogP contribution in [0, 0.1) is 0 Å². The Labute approximate surface area is 118 Å². The lowest BCUT2D eigenvalue weighted by molar-refractivity contribution is -0.122. The van der Waals surface area contributed by atoms with Crippen LogP contribution in [0.3, 0.4) is 0 Å². The first-order valence-corrected chi connectivity index (χ1v) is 7.79. The van der Waals surface area contributed by atoms with E-state index in [0.29, 0.717) is 6.42 Å². The molecule has 2 nitrogen and oxygen atoms in total. The van der Waals surface area contributed by atoms with E-state index < -0.39 is 0 Å². The third-order valence-electron chi connectivity index (χ3n) is 3.46. The van der Waals surface area contributed by atoms with Gasteiger partial charge in [0, 0.05) is 6.42 Å². The SMILES string of the molecule is CCCCCCCCCC(=O)NC(C)(C)C(C)Cl. The van der Waals surface area contributed by atoms with Crippen molar-refractivity contribution in [1.29, 1.82) is 0 Å². The van der Waals surface area contributed by atoms with Crippen LogP contribution in [0.5, 0.6) is 0 Å². The monoisotopic (exact) mass is 275 g/mol. The summed E-state index contributed by atoms with van der Waals surface area (Å²) in [6.45, 7) is 8.07. The van der Waals surface area contributed by atoms with E-state index in [9.17, 15) is 4.79 Å². The highest BCUT2D eigenvalue weighted by Gasteiger charge is 2.25. The van der Waals surface area contributed by atoms with Crippen molar-refractivity contribution in [2.45, 2.75) is 90.0 Å². The van der Waals surface area contributed by atoms with Crippen LogP contribution in [-0.2, 0) is 4.79 Å². The normalized spacial score (nSPS) is 13.4. The fraction of sp³-hybridized carbons (Fsp3) is 0.933. The first kappa shape index (κ1) is 17.8. The molecule has 1 amide bonds. The van der Waals surface area contributed by atoms with Gasteiger partial charge >= 0.3 is 0 Å². The van der Waals surface area contributed by atoms with Gasteiger partial charge < -0.3 is 5.32 Å². The quantitative estimate of drug-likeness (QED) is 0.456. The summed E-state index contributed by atoms with van der Waals surface area (Å²) in [5.74, 6) is 0.126. The molecular weight excluding hydrogens is 246 g/mol. The molecule has 108 valence electrons. The smallest absolute Gasteiger partial charge is 0.220 e. The molecule has 0 aliphatic heterocycles. The summed E-state index contributed by atoms with van der Waals surface area (Å²) in [5, 5.41) is 2.94. The highest BCUT2D eigenvalue weighted by atomic mass is 35.5. The van der Waals surface area contributed by atoms with Crippen molar-refractivity contribution in [1.82, 2.24) is 5.32 Å². The minimum atomic E-state index is -0.320. The molecule has 18 heavy (non-hydrogen) atoms. The molecule has 0 bridgehead atoms. The summed E-state index contributed by atoms with van der Waals surface area (Å²) >= 11 is 6.03. The molecule has 1 N–H and O–H groups in total. The van der Waals surface area contributed by atoms with Crippen LogP contribution in [0.1, 0.15) is 79.1 Å². The number of carbonyl (C=O) groups is 1. The van der Waals surface area contributed by atoms with Crippen molar-refractivity contribution in [3.63, 3.8) is 0 Å². The van der Waals surface area contributed by atoms with Gasteiger partial charge in [-0.3, -0.25) is 4.79 Å². The zero-order valence-electron chi connectivity index (χ0n) is 12.5. The van der Waals surface area contributed by atoms with Crippen LogP contribution in [0.15, 0.2) is 0 Å². The number of nitrogens with one attached hydrogen (secondary N) is 1. The predicted octanol–water partition coefficient (Wildman–Crippen LogP) is 4.65. The Balaban J connectivity index is 3.54. The summed E-state index contributed by atoms with van der Waals surface area (Å²) < 4.78 is 0. The van der Waals surface area contributed by atoms with Crippen LogP contribution in [0.2, 0.25) is 0 Å². The van der Waals surface area contributed by atoms with Crippen molar-refractivity contribution in [2.75, 3.05) is 0 Å². The molecule has 0 heterocycles. The zero-order valence-corrected chi connectivity index (χ0v) is 13.3. The molecule has 0 aliphatic rings. The third-order valence-corrected chi connectivity index (χ3v) is 4.01. The molecule has 0 radical (unpaired) electrons. The minimum Gasteiger partial charge on any atom is -0.350 e. The van der Waals surface area contributed by atoms with Crippen molar-refractivity contribution >= 4 is 17.5 Å². The van der Waals surface area contributed by atoms with Crippen LogP contribution < -0.4 is 5.32 Å². The fourth-order valence-electron chi connectivity index (χ4n) is 1.76. The lowest BCUT2D eigenvalue weighted by atomic mass is 10.0. The zero-order chi connectivity index (χ0) is 14.0. The van der Waals surface area contributed by atoms with Crippen LogP contribution in [0.25, 0.3) is 0 Å². The van der Waals surface area contributed by atoms with Crippen molar-refractivity contribution in [3.8, 4) is 0 Å². The molecule has 0 saturated carbocycles. The molecule has 3 heteroatoms. The number of unbranched alkanes of at least 4 members (excludes halogenated alkanes) is 6. The number of rotatable bonds is 10. The van der Waals surface area contributed by atoms with E-state index in [4.69, 9.17) is 11.6 Å². The maximum atomic E-state index is 11.7. The minimum absolute atomic E-state index is 0.0597. The lowest BCUT2D eigenvalue weighted by Crippen LogP contribution is -2.48. The molecular formula is C15H30ClNO.